The summed E-state index contributed by atoms with van der Waals surface area (Å²) >= 11 is 0. The van der Waals surface area contributed by atoms with Crippen molar-refractivity contribution in [2.75, 3.05) is 13.1 Å². The molecule has 180 valence electrons. The summed E-state index contributed by atoms with van der Waals surface area (Å²) in [5, 5.41) is 6.97. The minimum Gasteiger partial charge on any atom is -0.360 e. The smallest absolute Gasteiger partial charge is 0.248 e. The number of aromatic nitrogens is 1. The maximum absolute atomic E-state index is 13.3. The number of hydrogen-bond acceptors (Lipinski definition) is 5. The Kier molecular flexibility index (Phi) is 7.19. The van der Waals surface area contributed by atoms with E-state index in [1.165, 1.54) is 4.31 Å². The second-order valence-electron chi connectivity index (χ2n) is 8.95. The second kappa shape index (κ2) is 10.1. The van der Waals surface area contributed by atoms with Crippen LogP contribution in [0, 0.1) is 19.8 Å². The van der Waals surface area contributed by atoms with Crippen LogP contribution in [0.1, 0.15) is 48.3 Å². The van der Waals surface area contributed by atoms with Crippen LogP contribution in [0.15, 0.2) is 70.1 Å². The van der Waals surface area contributed by atoms with Gasteiger partial charge in [0.25, 0.3) is 0 Å². The second-order valence-corrected chi connectivity index (χ2v) is 10.8. The van der Waals surface area contributed by atoms with Crippen LogP contribution in [0.2, 0.25) is 0 Å². The Labute approximate surface area is 201 Å². The first kappa shape index (κ1) is 24.2. The molecule has 1 aliphatic heterocycles. The summed E-state index contributed by atoms with van der Waals surface area (Å²) in [7, 11) is -3.78. The highest BCUT2D eigenvalue weighted by atomic mass is 32.2. The van der Waals surface area contributed by atoms with E-state index in [0.717, 1.165) is 11.1 Å². The standard InChI is InChI=1S/C26H31N3O4S/c1-18(24(21-11-6-4-7-12-21)22-13-8-5-9-14-22)27-26(30)23-15-10-16-29(17-23)34(31,32)25-19(2)28-33-20(25)3/h4-9,11-14,18,23-24H,10,15-17H2,1-3H3,(H,27,30). The van der Waals surface area contributed by atoms with Crippen LogP contribution in [0.3, 0.4) is 0 Å². The van der Waals surface area contributed by atoms with Gasteiger partial charge in [0.2, 0.25) is 15.9 Å². The molecular weight excluding hydrogens is 450 g/mol. The average Bonchev–Trinajstić information content (AvgIpc) is 3.19. The predicted octanol–water partition coefficient (Wildman–Crippen LogP) is 4.03. The summed E-state index contributed by atoms with van der Waals surface area (Å²) in [6.07, 6.45) is 1.27. The topological polar surface area (TPSA) is 92.5 Å². The van der Waals surface area contributed by atoms with Crippen molar-refractivity contribution in [3.8, 4) is 0 Å². The third kappa shape index (κ3) is 4.93. The first-order chi connectivity index (χ1) is 16.3. The lowest BCUT2D eigenvalue weighted by atomic mass is 9.85. The van der Waals surface area contributed by atoms with Gasteiger partial charge < -0.3 is 9.84 Å². The van der Waals surface area contributed by atoms with Gasteiger partial charge >= 0.3 is 0 Å². The molecular formula is C26H31N3O4S. The molecule has 2 aromatic carbocycles. The molecule has 2 atom stereocenters. The van der Waals surface area contributed by atoms with Crippen molar-refractivity contribution < 1.29 is 17.7 Å². The molecule has 1 amide bonds. The fourth-order valence-electron chi connectivity index (χ4n) is 4.86. The molecule has 0 aliphatic carbocycles. The molecule has 4 rings (SSSR count). The summed E-state index contributed by atoms with van der Waals surface area (Å²) < 4.78 is 33.0. The van der Waals surface area contributed by atoms with Crippen LogP contribution >= 0.6 is 0 Å². The van der Waals surface area contributed by atoms with Crippen molar-refractivity contribution in [2.24, 2.45) is 5.92 Å². The number of piperidine rings is 1. The molecule has 1 fully saturated rings. The molecule has 0 spiro atoms. The van der Waals surface area contributed by atoms with Crippen molar-refractivity contribution in [2.45, 2.75) is 50.5 Å². The van der Waals surface area contributed by atoms with E-state index in [2.05, 4.69) is 34.7 Å². The first-order valence-corrected chi connectivity index (χ1v) is 13.1. The predicted molar refractivity (Wildman–Crippen MR) is 130 cm³/mol. The van der Waals surface area contributed by atoms with E-state index in [1.54, 1.807) is 13.8 Å². The van der Waals surface area contributed by atoms with E-state index in [0.29, 0.717) is 25.1 Å². The monoisotopic (exact) mass is 481 g/mol. The van der Waals surface area contributed by atoms with Crippen molar-refractivity contribution in [1.29, 1.82) is 0 Å². The van der Waals surface area contributed by atoms with Gasteiger partial charge in [0.15, 0.2) is 5.76 Å². The molecule has 0 bridgehead atoms. The number of aryl methyl sites for hydroxylation is 2. The molecule has 0 saturated carbocycles. The lowest BCUT2D eigenvalue weighted by Crippen LogP contribution is -2.48. The minimum atomic E-state index is -3.78. The highest BCUT2D eigenvalue weighted by Gasteiger charge is 2.37. The van der Waals surface area contributed by atoms with Crippen molar-refractivity contribution in [3.63, 3.8) is 0 Å². The first-order valence-electron chi connectivity index (χ1n) is 11.6. The summed E-state index contributed by atoms with van der Waals surface area (Å²) in [6.45, 7) is 5.74. The van der Waals surface area contributed by atoms with E-state index in [4.69, 9.17) is 4.52 Å². The zero-order chi connectivity index (χ0) is 24.3. The molecule has 1 saturated heterocycles. The van der Waals surface area contributed by atoms with Crippen molar-refractivity contribution >= 4 is 15.9 Å². The van der Waals surface area contributed by atoms with E-state index in [-0.39, 0.29) is 35.1 Å². The number of hydrogen-bond donors (Lipinski definition) is 1. The van der Waals surface area contributed by atoms with Gasteiger partial charge in [0, 0.05) is 25.0 Å². The molecule has 8 heteroatoms. The van der Waals surface area contributed by atoms with Crippen LogP contribution in [-0.2, 0) is 14.8 Å². The number of nitrogens with zero attached hydrogens (tertiary/aromatic N) is 2. The molecule has 2 unspecified atom stereocenters. The maximum atomic E-state index is 13.3. The van der Waals surface area contributed by atoms with E-state index >= 15 is 0 Å². The fourth-order valence-corrected chi connectivity index (χ4v) is 6.68. The lowest BCUT2D eigenvalue weighted by molar-refractivity contribution is -0.126. The Morgan fingerprint density at radius 1 is 1.06 bits per heavy atom. The number of amides is 1. The SMILES string of the molecule is Cc1noc(C)c1S(=O)(=O)N1CCCC(C(=O)NC(C)C(c2ccccc2)c2ccccc2)C1. The Bertz CT molecular complexity index is 1170. The van der Waals surface area contributed by atoms with Crippen LogP contribution in [0.4, 0.5) is 0 Å². The van der Waals surface area contributed by atoms with Gasteiger partial charge in [-0.3, -0.25) is 4.79 Å². The third-order valence-electron chi connectivity index (χ3n) is 6.51. The quantitative estimate of drug-likeness (QED) is 0.550. The molecule has 2 heterocycles. The molecule has 1 N–H and O–H groups in total. The lowest BCUT2D eigenvalue weighted by Gasteiger charge is -2.33. The summed E-state index contributed by atoms with van der Waals surface area (Å²) in [5.74, 6) is -0.287. The summed E-state index contributed by atoms with van der Waals surface area (Å²) in [4.78, 5) is 13.4. The number of benzene rings is 2. The molecule has 1 aliphatic rings. The third-order valence-corrected chi connectivity index (χ3v) is 8.62. The number of sulfonamides is 1. The van der Waals surface area contributed by atoms with Gasteiger partial charge in [0.1, 0.15) is 10.6 Å². The van der Waals surface area contributed by atoms with Crippen molar-refractivity contribution in [1.82, 2.24) is 14.8 Å². The molecule has 7 nitrogen and oxygen atoms in total. The fraction of sp³-hybridized carbons (Fsp3) is 0.385. The normalized spacial score (nSPS) is 18.1. The summed E-state index contributed by atoms with van der Waals surface area (Å²) in [6, 6.07) is 20.0. The van der Waals surface area contributed by atoms with Crippen LogP contribution in [-0.4, -0.2) is 42.9 Å². The van der Waals surface area contributed by atoms with Gasteiger partial charge in [-0.15, -0.1) is 0 Å². The average molecular weight is 482 g/mol. The number of rotatable bonds is 7. The van der Waals surface area contributed by atoms with Crippen LogP contribution in [0.5, 0.6) is 0 Å². The zero-order valence-corrected chi connectivity index (χ0v) is 20.6. The molecule has 3 aromatic rings. The van der Waals surface area contributed by atoms with Gasteiger partial charge in [-0.1, -0.05) is 65.8 Å². The Morgan fingerprint density at radius 2 is 1.65 bits per heavy atom. The van der Waals surface area contributed by atoms with Crippen LogP contribution < -0.4 is 5.32 Å². The zero-order valence-electron chi connectivity index (χ0n) is 19.8. The van der Waals surface area contributed by atoms with Gasteiger partial charge in [-0.05, 0) is 44.7 Å². The Hall–Kier alpha value is -2.97. The van der Waals surface area contributed by atoms with E-state index in [9.17, 15) is 13.2 Å². The largest absolute Gasteiger partial charge is 0.360 e. The molecule has 34 heavy (non-hydrogen) atoms. The molecule has 1 aromatic heterocycles. The number of carbonyl (C=O) groups excluding carboxylic acids is 1. The number of nitrogens with one attached hydrogen (secondary N) is 1. The Morgan fingerprint density at radius 3 is 2.18 bits per heavy atom. The Balaban J connectivity index is 1.51. The van der Waals surface area contributed by atoms with Gasteiger partial charge in [-0.2, -0.15) is 4.31 Å². The highest BCUT2D eigenvalue weighted by molar-refractivity contribution is 7.89. The summed E-state index contributed by atoms with van der Waals surface area (Å²) in [5.41, 5.74) is 2.58. The van der Waals surface area contributed by atoms with E-state index < -0.39 is 15.9 Å². The van der Waals surface area contributed by atoms with Crippen molar-refractivity contribution in [3.05, 3.63) is 83.2 Å². The number of carbonyl (C=O) groups is 1. The highest BCUT2D eigenvalue weighted by Crippen LogP contribution is 2.30. The minimum absolute atomic E-state index is 0.0166. The van der Waals surface area contributed by atoms with Gasteiger partial charge in [0.05, 0.1) is 5.92 Å². The van der Waals surface area contributed by atoms with Gasteiger partial charge in [-0.25, -0.2) is 8.42 Å². The van der Waals surface area contributed by atoms with Crippen LogP contribution in [0.25, 0.3) is 0 Å². The van der Waals surface area contributed by atoms with E-state index in [1.807, 2.05) is 43.3 Å². The maximum Gasteiger partial charge on any atom is 0.248 e. The molecule has 0 radical (unpaired) electrons.